The highest BCUT2D eigenvalue weighted by Crippen LogP contribution is 2.21. The SMILES string of the molecule is Cc1ccc(F)c(NS(=O)(=O)c2cccc(COC(C)C)c2)c1. The summed E-state index contributed by atoms with van der Waals surface area (Å²) in [5.41, 5.74) is 1.45. The molecular weight excluding hydrogens is 317 g/mol. The quantitative estimate of drug-likeness (QED) is 0.871. The largest absolute Gasteiger partial charge is 0.374 e. The maximum Gasteiger partial charge on any atom is 0.261 e. The third kappa shape index (κ3) is 4.77. The zero-order valence-electron chi connectivity index (χ0n) is 13.3. The fourth-order valence-corrected chi connectivity index (χ4v) is 3.11. The van der Waals surface area contributed by atoms with Gasteiger partial charge in [0.05, 0.1) is 23.3 Å². The van der Waals surface area contributed by atoms with Crippen molar-refractivity contribution in [1.82, 2.24) is 0 Å². The van der Waals surface area contributed by atoms with Gasteiger partial charge in [0.25, 0.3) is 10.0 Å². The number of hydrogen-bond donors (Lipinski definition) is 1. The van der Waals surface area contributed by atoms with E-state index in [4.69, 9.17) is 4.74 Å². The second kappa shape index (κ2) is 7.10. The normalized spacial score (nSPS) is 11.7. The fraction of sp³-hybridized carbons (Fsp3) is 0.294. The van der Waals surface area contributed by atoms with Crippen molar-refractivity contribution in [2.45, 2.75) is 38.4 Å². The Balaban J connectivity index is 2.25. The maximum atomic E-state index is 13.8. The highest BCUT2D eigenvalue weighted by atomic mass is 32.2. The molecule has 23 heavy (non-hydrogen) atoms. The zero-order chi connectivity index (χ0) is 17.0. The summed E-state index contributed by atoms with van der Waals surface area (Å²) in [5, 5.41) is 0. The van der Waals surface area contributed by atoms with Gasteiger partial charge >= 0.3 is 0 Å². The van der Waals surface area contributed by atoms with Crippen molar-refractivity contribution >= 4 is 15.7 Å². The van der Waals surface area contributed by atoms with Crippen molar-refractivity contribution < 1.29 is 17.5 Å². The first-order valence-corrected chi connectivity index (χ1v) is 8.76. The number of hydrogen-bond acceptors (Lipinski definition) is 3. The standard InChI is InChI=1S/C17H20FNO3S/c1-12(2)22-11-14-5-4-6-15(10-14)23(20,21)19-17-9-13(3)7-8-16(17)18/h4-10,12,19H,11H2,1-3H3. The molecule has 0 fully saturated rings. The molecule has 2 aromatic carbocycles. The van der Waals surface area contributed by atoms with Crippen LogP contribution < -0.4 is 4.72 Å². The van der Waals surface area contributed by atoms with E-state index in [9.17, 15) is 12.8 Å². The highest BCUT2D eigenvalue weighted by Gasteiger charge is 2.17. The van der Waals surface area contributed by atoms with E-state index in [1.165, 1.54) is 24.3 Å². The number of anilines is 1. The van der Waals surface area contributed by atoms with Crippen LogP contribution in [0.4, 0.5) is 10.1 Å². The average molecular weight is 337 g/mol. The molecule has 0 aromatic heterocycles. The Morgan fingerprint density at radius 1 is 1.17 bits per heavy atom. The lowest BCUT2D eigenvalue weighted by Crippen LogP contribution is -2.14. The molecule has 0 radical (unpaired) electrons. The van der Waals surface area contributed by atoms with Crippen LogP contribution in [0.5, 0.6) is 0 Å². The third-order valence-corrected chi connectivity index (χ3v) is 4.52. The molecular formula is C17H20FNO3S. The smallest absolute Gasteiger partial charge is 0.261 e. The second-order valence-electron chi connectivity index (χ2n) is 5.60. The minimum atomic E-state index is -3.86. The molecule has 2 rings (SSSR count). The van der Waals surface area contributed by atoms with E-state index < -0.39 is 15.8 Å². The van der Waals surface area contributed by atoms with Crippen LogP contribution in [0, 0.1) is 12.7 Å². The molecule has 0 aliphatic heterocycles. The predicted octanol–water partition coefficient (Wildman–Crippen LogP) is 3.86. The van der Waals surface area contributed by atoms with Crippen LogP contribution in [0.1, 0.15) is 25.0 Å². The van der Waals surface area contributed by atoms with Crippen LogP contribution in [0.3, 0.4) is 0 Å². The van der Waals surface area contributed by atoms with Gasteiger partial charge in [0.15, 0.2) is 0 Å². The van der Waals surface area contributed by atoms with Crippen LogP contribution in [0.15, 0.2) is 47.4 Å². The first-order valence-electron chi connectivity index (χ1n) is 7.27. The van der Waals surface area contributed by atoms with Gasteiger partial charge < -0.3 is 4.74 Å². The summed E-state index contributed by atoms with van der Waals surface area (Å²) >= 11 is 0. The van der Waals surface area contributed by atoms with Gasteiger partial charge in [-0.2, -0.15) is 0 Å². The molecule has 0 saturated heterocycles. The van der Waals surface area contributed by atoms with Crippen LogP contribution in [-0.4, -0.2) is 14.5 Å². The molecule has 6 heteroatoms. The summed E-state index contributed by atoms with van der Waals surface area (Å²) in [4.78, 5) is 0.0725. The van der Waals surface area contributed by atoms with Gasteiger partial charge in [-0.1, -0.05) is 18.2 Å². The van der Waals surface area contributed by atoms with E-state index in [1.54, 1.807) is 25.1 Å². The van der Waals surface area contributed by atoms with Crippen molar-refractivity contribution in [1.29, 1.82) is 0 Å². The molecule has 0 bridgehead atoms. The Labute approximate surface area is 136 Å². The molecule has 0 spiro atoms. The lowest BCUT2D eigenvalue weighted by Gasteiger charge is -2.12. The number of halogens is 1. The second-order valence-corrected chi connectivity index (χ2v) is 7.28. The average Bonchev–Trinajstić information content (AvgIpc) is 2.49. The molecule has 0 amide bonds. The predicted molar refractivity (Wildman–Crippen MR) is 88.3 cm³/mol. The summed E-state index contributed by atoms with van der Waals surface area (Å²) in [6.07, 6.45) is 0.0507. The molecule has 0 heterocycles. The van der Waals surface area contributed by atoms with Gasteiger partial charge in [0, 0.05) is 0 Å². The summed E-state index contributed by atoms with van der Waals surface area (Å²) in [6, 6.07) is 10.7. The van der Waals surface area contributed by atoms with Crippen molar-refractivity contribution in [2.75, 3.05) is 4.72 Å². The van der Waals surface area contributed by atoms with Gasteiger partial charge in [0.1, 0.15) is 5.82 Å². The van der Waals surface area contributed by atoms with Crippen LogP contribution >= 0.6 is 0 Å². The molecule has 4 nitrogen and oxygen atoms in total. The van der Waals surface area contributed by atoms with Gasteiger partial charge in [-0.05, 0) is 56.2 Å². The minimum absolute atomic E-state index is 0.0507. The van der Waals surface area contributed by atoms with E-state index >= 15 is 0 Å². The lowest BCUT2D eigenvalue weighted by atomic mass is 10.2. The van der Waals surface area contributed by atoms with Gasteiger partial charge in [-0.25, -0.2) is 12.8 Å². The molecule has 0 aliphatic carbocycles. The van der Waals surface area contributed by atoms with E-state index in [0.29, 0.717) is 6.61 Å². The van der Waals surface area contributed by atoms with Crippen molar-refractivity contribution in [3.63, 3.8) is 0 Å². The number of ether oxygens (including phenoxy) is 1. The van der Waals surface area contributed by atoms with E-state index in [2.05, 4.69) is 4.72 Å². The van der Waals surface area contributed by atoms with E-state index in [0.717, 1.165) is 11.1 Å². The van der Waals surface area contributed by atoms with Crippen molar-refractivity contribution in [2.24, 2.45) is 0 Å². The lowest BCUT2D eigenvalue weighted by molar-refractivity contribution is 0.0656. The van der Waals surface area contributed by atoms with E-state index in [-0.39, 0.29) is 16.7 Å². The van der Waals surface area contributed by atoms with Gasteiger partial charge in [-0.3, -0.25) is 4.72 Å². The number of sulfonamides is 1. The highest BCUT2D eigenvalue weighted by molar-refractivity contribution is 7.92. The number of rotatable bonds is 6. The van der Waals surface area contributed by atoms with Crippen molar-refractivity contribution in [3.8, 4) is 0 Å². The Morgan fingerprint density at radius 3 is 2.61 bits per heavy atom. The Morgan fingerprint density at radius 2 is 1.91 bits per heavy atom. The van der Waals surface area contributed by atoms with Crippen molar-refractivity contribution in [3.05, 3.63) is 59.4 Å². The Kier molecular flexibility index (Phi) is 5.38. The molecule has 124 valence electrons. The number of nitrogens with one attached hydrogen (secondary N) is 1. The summed E-state index contributed by atoms with van der Waals surface area (Å²) in [7, 11) is -3.86. The molecule has 0 saturated carbocycles. The Hall–Kier alpha value is -1.92. The topological polar surface area (TPSA) is 55.4 Å². The van der Waals surface area contributed by atoms with Gasteiger partial charge in [-0.15, -0.1) is 0 Å². The Bertz CT molecular complexity index is 788. The number of aryl methyl sites for hydroxylation is 1. The molecule has 2 aromatic rings. The minimum Gasteiger partial charge on any atom is -0.374 e. The fourth-order valence-electron chi connectivity index (χ4n) is 1.99. The summed E-state index contributed by atoms with van der Waals surface area (Å²) in [5.74, 6) is -0.613. The summed E-state index contributed by atoms with van der Waals surface area (Å²) in [6.45, 7) is 5.90. The summed E-state index contributed by atoms with van der Waals surface area (Å²) < 4.78 is 46.4. The molecule has 1 N–H and O–H groups in total. The monoisotopic (exact) mass is 337 g/mol. The number of benzene rings is 2. The van der Waals surface area contributed by atoms with Crippen LogP contribution in [0.2, 0.25) is 0 Å². The molecule has 0 atom stereocenters. The zero-order valence-corrected chi connectivity index (χ0v) is 14.2. The van der Waals surface area contributed by atoms with Crippen LogP contribution in [-0.2, 0) is 21.4 Å². The third-order valence-electron chi connectivity index (χ3n) is 3.16. The van der Waals surface area contributed by atoms with E-state index in [1.807, 2.05) is 13.8 Å². The molecule has 0 aliphatic rings. The van der Waals surface area contributed by atoms with Gasteiger partial charge in [0.2, 0.25) is 0 Å². The molecule has 0 unspecified atom stereocenters. The maximum absolute atomic E-state index is 13.8. The van der Waals surface area contributed by atoms with Crippen LogP contribution in [0.25, 0.3) is 0 Å². The first-order chi connectivity index (χ1) is 10.8. The first kappa shape index (κ1) is 17.4.